The summed E-state index contributed by atoms with van der Waals surface area (Å²) in [5, 5.41) is 5.67. The maximum absolute atomic E-state index is 11.9. The van der Waals surface area contributed by atoms with Crippen LogP contribution in [0.3, 0.4) is 0 Å². The lowest BCUT2D eigenvalue weighted by atomic mass is 10.1. The zero-order chi connectivity index (χ0) is 16.1. The molecule has 5 heteroatoms. The molecule has 1 unspecified atom stereocenters. The van der Waals surface area contributed by atoms with Gasteiger partial charge in [-0.15, -0.1) is 0 Å². The predicted molar refractivity (Wildman–Crippen MR) is 87.8 cm³/mol. The van der Waals surface area contributed by atoms with Gasteiger partial charge < -0.3 is 20.1 Å². The molecule has 0 bridgehead atoms. The second kappa shape index (κ2) is 7.05. The molecule has 0 radical (unpaired) electrons. The van der Waals surface area contributed by atoms with Gasteiger partial charge in [-0.2, -0.15) is 0 Å². The third-order valence-corrected chi connectivity index (χ3v) is 3.76. The molecule has 0 saturated heterocycles. The molecule has 3 rings (SSSR count). The molecule has 1 aliphatic rings. The van der Waals surface area contributed by atoms with Crippen LogP contribution in [0.15, 0.2) is 48.5 Å². The van der Waals surface area contributed by atoms with Gasteiger partial charge in [0.1, 0.15) is 6.61 Å². The Morgan fingerprint density at radius 3 is 2.65 bits per heavy atom. The van der Waals surface area contributed by atoms with E-state index in [-0.39, 0.29) is 12.1 Å². The fourth-order valence-electron chi connectivity index (χ4n) is 2.42. The SMILES string of the molecule is Cc1ccccc1CNC(=O)NCC1COc2ccccc2O1. The standard InChI is InChI=1S/C18H20N2O3/c1-13-6-2-3-7-14(13)10-19-18(21)20-11-15-12-22-16-8-4-5-9-17(16)23-15/h2-9,15H,10-12H2,1H3,(H2,19,20,21). The monoisotopic (exact) mass is 312 g/mol. The maximum Gasteiger partial charge on any atom is 0.315 e. The van der Waals surface area contributed by atoms with E-state index in [0.717, 1.165) is 16.9 Å². The van der Waals surface area contributed by atoms with E-state index in [1.807, 2.05) is 55.5 Å². The lowest BCUT2D eigenvalue weighted by molar-refractivity contribution is 0.0918. The molecule has 2 N–H and O–H groups in total. The highest BCUT2D eigenvalue weighted by Crippen LogP contribution is 2.30. The predicted octanol–water partition coefficient (Wildman–Crippen LogP) is 2.63. The van der Waals surface area contributed by atoms with Crippen LogP contribution in [0.25, 0.3) is 0 Å². The van der Waals surface area contributed by atoms with Crippen LogP contribution in [0.1, 0.15) is 11.1 Å². The number of ether oxygens (including phenoxy) is 2. The van der Waals surface area contributed by atoms with Gasteiger partial charge in [-0.05, 0) is 30.2 Å². The number of rotatable bonds is 4. The van der Waals surface area contributed by atoms with Gasteiger partial charge in [0, 0.05) is 6.54 Å². The van der Waals surface area contributed by atoms with Crippen molar-refractivity contribution in [2.75, 3.05) is 13.2 Å². The summed E-state index contributed by atoms with van der Waals surface area (Å²) < 4.78 is 11.4. The number of aryl methyl sites for hydroxylation is 1. The number of hydrogen-bond donors (Lipinski definition) is 2. The van der Waals surface area contributed by atoms with E-state index in [2.05, 4.69) is 10.6 Å². The molecule has 0 saturated carbocycles. The van der Waals surface area contributed by atoms with Crippen molar-refractivity contribution < 1.29 is 14.3 Å². The van der Waals surface area contributed by atoms with Crippen LogP contribution in [0.5, 0.6) is 11.5 Å². The van der Waals surface area contributed by atoms with Crippen LogP contribution in [-0.2, 0) is 6.54 Å². The van der Waals surface area contributed by atoms with Crippen LogP contribution in [0.4, 0.5) is 4.79 Å². The highest BCUT2D eigenvalue weighted by molar-refractivity contribution is 5.73. The van der Waals surface area contributed by atoms with Crippen LogP contribution < -0.4 is 20.1 Å². The van der Waals surface area contributed by atoms with Gasteiger partial charge in [0.05, 0.1) is 6.54 Å². The van der Waals surface area contributed by atoms with Crippen molar-refractivity contribution in [3.05, 3.63) is 59.7 Å². The molecule has 120 valence electrons. The molecule has 1 atom stereocenters. The van der Waals surface area contributed by atoms with Crippen LogP contribution in [0.2, 0.25) is 0 Å². The number of urea groups is 1. The zero-order valence-corrected chi connectivity index (χ0v) is 13.0. The van der Waals surface area contributed by atoms with E-state index in [9.17, 15) is 4.79 Å². The minimum Gasteiger partial charge on any atom is -0.486 e. The van der Waals surface area contributed by atoms with Crippen molar-refractivity contribution in [2.24, 2.45) is 0 Å². The van der Waals surface area contributed by atoms with Gasteiger partial charge in [-0.25, -0.2) is 4.79 Å². The quantitative estimate of drug-likeness (QED) is 0.912. The summed E-state index contributed by atoms with van der Waals surface area (Å²) >= 11 is 0. The summed E-state index contributed by atoms with van der Waals surface area (Å²) in [4.78, 5) is 11.9. The topological polar surface area (TPSA) is 59.6 Å². The Balaban J connectivity index is 1.44. The maximum atomic E-state index is 11.9. The van der Waals surface area contributed by atoms with Crippen molar-refractivity contribution in [1.29, 1.82) is 0 Å². The third kappa shape index (κ3) is 3.94. The summed E-state index contributed by atoms with van der Waals surface area (Å²) in [5.74, 6) is 1.46. The molecular weight excluding hydrogens is 292 g/mol. The van der Waals surface area contributed by atoms with Crippen molar-refractivity contribution in [3.8, 4) is 11.5 Å². The lowest BCUT2D eigenvalue weighted by Gasteiger charge is -2.26. The van der Waals surface area contributed by atoms with E-state index in [4.69, 9.17) is 9.47 Å². The molecule has 0 aliphatic carbocycles. The van der Waals surface area contributed by atoms with Gasteiger partial charge in [0.25, 0.3) is 0 Å². The molecule has 0 aromatic heterocycles. The molecule has 5 nitrogen and oxygen atoms in total. The Hall–Kier alpha value is -2.69. The summed E-state index contributed by atoms with van der Waals surface area (Å²) in [6.07, 6.45) is -0.186. The van der Waals surface area contributed by atoms with E-state index in [1.54, 1.807) is 0 Å². The highest BCUT2D eigenvalue weighted by atomic mass is 16.6. The Kier molecular flexibility index (Phi) is 4.66. The summed E-state index contributed by atoms with van der Waals surface area (Å²) in [7, 11) is 0. The van der Waals surface area contributed by atoms with Crippen molar-refractivity contribution in [2.45, 2.75) is 19.6 Å². The average molecular weight is 312 g/mol. The zero-order valence-electron chi connectivity index (χ0n) is 13.0. The fourth-order valence-corrected chi connectivity index (χ4v) is 2.42. The first kappa shape index (κ1) is 15.2. The summed E-state index contributed by atoms with van der Waals surface area (Å²) in [5.41, 5.74) is 2.27. The number of fused-ring (bicyclic) bond motifs is 1. The lowest BCUT2D eigenvalue weighted by Crippen LogP contribution is -2.44. The number of carbonyl (C=O) groups is 1. The number of benzene rings is 2. The number of nitrogens with one attached hydrogen (secondary N) is 2. The molecular formula is C18H20N2O3. The number of amides is 2. The number of hydrogen-bond acceptors (Lipinski definition) is 3. The van der Waals surface area contributed by atoms with Crippen LogP contribution in [-0.4, -0.2) is 25.3 Å². The van der Waals surface area contributed by atoms with Gasteiger partial charge in [-0.1, -0.05) is 36.4 Å². The van der Waals surface area contributed by atoms with Crippen molar-refractivity contribution in [3.63, 3.8) is 0 Å². The summed E-state index contributed by atoms with van der Waals surface area (Å²) in [6.45, 7) is 3.35. The Morgan fingerprint density at radius 2 is 1.83 bits per heavy atom. The minimum absolute atomic E-state index is 0.186. The molecule has 2 aromatic rings. The normalized spacial score (nSPS) is 15.8. The van der Waals surface area contributed by atoms with Crippen molar-refractivity contribution in [1.82, 2.24) is 10.6 Å². The molecule has 2 amide bonds. The molecule has 0 spiro atoms. The average Bonchev–Trinajstić information content (AvgIpc) is 2.59. The Morgan fingerprint density at radius 1 is 1.09 bits per heavy atom. The van der Waals surface area contributed by atoms with Crippen LogP contribution >= 0.6 is 0 Å². The van der Waals surface area contributed by atoms with E-state index < -0.39 is 0 Å². The van der Waals surface area contributed by atoms with Crippen molar-refractivity contribution >= 4 is 6.03 Å². The van der Waals surface area contributed by atoms with Gasteiger partial charge >= 0.3 is 6.03 Å². The Bertz CT molecular complexity index is 687. The Labute approximate surface area is 135 Å². The van der Waals surface area contributed by atoms with E-state index in [0.29, 0.717) is 25.4 Å². The molecule has 23 heavy (non-hydrogen) atoms. The first-order chi connectivity index (χ1) is 11.2. The number of para-hydroxylation sites is 2. The van der Waals surface area contributed by atoms with E-state index in [1.165, 1.54) is 0 Å². The highest BCUT2D eigenvalue weighted by Gasteiger charge is 2.20. The second-order valence-electron chi connectivity index (χ2n) is 5.49. The van der Waals surface area contributed by atoms with Gasteiger partial charge in [0.2, 0.25) is 0 Å². The first-order valence-electron chi connectivity index (χ1n) is 7.67. The van der Waals surface area contributed by atoms with Gasteiger partial charge in [-0.3, -0.25) is 0 Å². The molecule has 0 fully saturated rings. The first-order valence-corrected chi connectivity index (χ1v) is 7.67. The summed E-state index contributed by atoms with van der Waals surface area (Å²) in [6, 6.07) is 15.3. The largest absolute Gasteiger partial charge is 0.486 e. The smallest absolute Gasteiger partial charge is 0.315 e. The third-order valence-electron chi connectivity index (χ3n) is 3.76. The minimum atomic E-state index is -0.212. The van der Waals surface area contributed by atoms with E-state index >= 15 is 0 Å². The van der Waals surface area contributed by atoms with Crippen LogP contribution in [0, 0.1) is 6.92 Å². The second-order valence-corrected chi connectivity index (χ2v) is 5.49. The van der Waals surface area contributed by atoms with Gasteiger partial charge in [0.15, 0.2) is 17.6 Å². The number of carbonyl (C=O) groups excluding carboxylic acids is 1. The molecule has 1 aliphatic heterocycles. The molecule has 1 heterocycles. The fraction of sp³-hybridized carbons (Fsp3) is 0.278. The molecule has 2 aromatic carbocycles.